The van der Waals surface area contributed by atoms with Gasteiger partial charge in [0.25, 0.3) is 11.1 Å². The van der Waals surface area contributed by atoms with E-state index >= 15 is 0 Å². The number of carbonyl (C=O) groups excluding carboxylic acids is 2. The largest absolute Gasteiger partial charge is 0.490 e. The number of hydrogen-bond acceptors (Lipinski definition) is 5. The van der Waals surface area contributed by atoms with Gasteiger partial charge >= 0.3 is 0 Å². The maximum atomic E-state index is 12.9. The second-order valence-electron chi connectivity index (χ2n) is 7.05. The molecule has 1 heterocycles. The van der Waals surface area contributed by atoms with Crippen LogP contribution in [0.2, 0.25) is 10.0 Å². The minimum atomic E-state index is -0.377. The lowest BCUT2D eigenvalue weighted by Gasteiger charge is -2.14. The van der Waals surface area contributed by atoms with Crippen molar-refractivity contribution in [3.8, 4) is 11.5 Å². The van der Waals surface area contributed by atoms with Crippen molar-refractivity contribution in [2.75, 3.05) is 13.2 Å². The average Bonchev–Trinajstić information content (AvgIpc) is 3.07. The molecule has 0 radical (unpaired) electrons. The number of hydrogen-bond donors (Lipinski definition) is 0. The number of para-hydroxylation sites is 2. The Kier molecular flexibility index (Phi) is 7.60. The molecule has 33 heavy (non-hydrogen) atoms. The van der Waals surface area contributed by atoms with Crippen molar-refractivity contribution in [3.63, 3.8) is 0 Å². The van der Waals surface area contributed by atoms with Gasteiger partial charge in [0.2, 0.25) is 0 Å². The molecule has 168 valence electrons. The highest BCUT2D eigenvalue weighted by atomic mass is 35.5. The standard InChI is InChI=1S/C25H19Cl2NO4S/c26-19-11-10-18(21(27)15-19)16-28-24(29)23(33-25(28)30)14-17-6-4-5-9-22(17)32-13-12-31-20-7-2-1-3-8-20/h1-11,14-15H,12-13,16H2. The summed E-state index contributed by atoms with van der Waals surface area (Å²) >= 11 is 13.0. The summed E-state index contributed by atoms with van der Waals surface area (Å²) in [7, 11) is 0. The number of carbonyl (C=O) groups is 2. The fraction of sp³-hybridized carbons (Fsp3) is 0.120. The molecular formula is C25H19Cl2NO4S. The van der Waals surface area contributed by atoms with Gasteiger partial charge in [0, 0.05) is 15.6 Å². The van der Waals surface area contributed by atoms with E-state index in [9.17, 15) is 9.59 Å². The summed E-state index contributed by atoms with van der Waals surface area (Å²) in [6.07, 6.45) is 1.67. The first-order valence-electron chi connectivity index (χ1n) is 10.1. The Morgan fingerprint density at radius 1 is 0.879 bits per heavy atom. The highest BCUT2D eigenvalue weighted by Crippen LogP contribution is 2.35. The Hall–Kier alpha value is -2.93. The van der Waals surface area contributed by atoms with E-state index in [0.717, 1.165) is 17.5 Å². The molecule has 1 saturated heterocycles. The van der Waals surface area contributed by atoms with Gasteiger partial charge in [-0.05, 0) is 53.7 Å². The molecule has 4 rings (SSSR count). The number of benzene rings is 3. The Balaban J connectivity index is 1.43. The highest BCUT2D eigenvalue weighted by Gasteiger charge is 2.35. The third-order valence-corrected chi connectivity index (χ3v) is 6.27. The second-order valence-corrected chi connectivity index (χ2v) is 8.89. The van der Waals surface area contributed by atoms with E-state index in [0.29, 0.717) is 45.0 Å². The van der Waals surface area contributed by atoms with Crippen LogP contribution in [0.25, 0.3) is 6.08 Å². The molecule has 0 saturated carbocycles. The van der Waals surface area contributed by atoms with Crippen LogP contribution in [-0.4, -0.2) is 29.3 Å². The van der Waals surface area contributed by atoms with Gasteiger partial charge in [0.1, 0.15) is 24.7 Å². The number of nitrogens with zero attached hydrogens (tertiary/aromatic N) is 1. The van der Waals surface area contributed by atoms with E-state index < -0.39 is 0 Å². The Labute approximate surface area is 205 Å². The minimum Gasteiger partial charge on any atom is -0.490 e. The molecule has 1 aliphatic heterocycles. The van der Waals surface area contributed by atoms with Crippen molar-refractivity contribution >= 4 is 52.2 Å². The molecule has 0 spiro atoms. The fourth-order valence-corrected chi connectivity index (χ4v) is 4.45. The zero-order valence-corrected chi connectivity index (χ0v) is 19.7. The second kappa shape index (κ2) is 10.8. The van der Waals surface area contributed by atoms with Crippen molar-refractivity contribution in [3.05, 3.63) is 98.9 Å². The molecule has 8 heteroatoms. The zero-order valence-electron chi connectivity index (χ0n) is 17.4. The lowest BCUT2D eigenvalue weighted by molar-refractivity contribution is -0.123. The maximum Gasteiger partial charge on any atom is 0.293 e. The van der Waals surface area contributed by atoms with Crippen LogP contribution in [0.3, 0.4) is 0 Å². The smallest absolute Gasteiger partial charge is 0.293 e. The number of rotatable bonds is 8. The summed E-state index contributed by atoms with van der Waals surface area (Å²) in [5, 5.41) is 0.539. The molecule has 0 unspecified atom stereocenters. The summed E-state index contributed by atoms with van der Waals surface area (Å²) in [6.45, 7) is 0.778. The summed E-state index contributed by atoms with van der Waals surface area (Å²) in [6, 6.07) is 21.8. The van der Waals surface area contributed by atoms with Gasteiger partial charge in [-0.15, -0.1) is 0 Å². The maximum absolute atomic E-state index is 12.9. The molecule has 0 aliphatic carbocycles. The molecule has 0 atom stereocenters. The molecule has 0 aromatic heterocycles. The molecule has 5 nitrogen and oxygen atoms in total. The number of halogens is 2. The van der Waals surface area contributed by atoms with Gasteiger partial charge in [0.15, 0.2) is 0 Å². The van der Waals surface area contributed by atoms with Crippen LogP contribution in [0.5, 0.6) is 11.5 Å². The van der Waals surface area contributed by atoms with E-state index in [-0.39, 0.29) is 17.7 Å². The summed E-state index contributed by atoms with van der Waals surface area (Å²) in [4.78, 5) is 26.9. The van der Waals surface area contributed by atoms with Crippen LogP contribution in [0, 0.1) is 0 Å². The van der Waals surface area contributed by atoms with Gasteiger partial charge < -0.3 is 9.47 Å². The van der Waals surface area contributed by atoms with E-state index in [1.165, 1.54) is 4.90 Å². The lowest BCUT2D eigenvalue weighted by atomic mass is 10.1. The predicted octanol–water partition coefficient (Wildman–Crippen LogP) is 6.69. The molecule has 0 bridgehead atoms. The molecule has 3 aromatic rings. The van der Waals surface area contributed by atoms with Crippen molar-refractivity contribution in [2.24, 2.45) is 0 Å². The van der Waals surface area contributed by atoms with E-state index in [1.54, 1.807) is 24.3 Å². The topological polar surface area (TPSA) is 55.8 Å². The highest BCUT2D eigenvalue weighted by molar-refractivity contribution is 8.18. The fourth-order valence-electron chi connectivity index (χ4n) is 3.16. The van der Waals surface area contributed by atoms with Crippen molar-refractivity contribution in [2.45, 2.75) is 6.54 Å². The Morgan fingerprint density at radius 3 is 2.39 bits per heavy atom. The molecule has 2 amide bonds. The number of ether oxygens (including phenoxy) is 2. The van der Waals surface area contributed by atoms with Crippen molar-refractivity contribution < 1.29 is 19.1 Å². The molecule has 3 aromatic carbocycles. The SMILES string of the molecule is O=C1SC(=Cc2ccccc2OCCOc2ccccc2)C(=O)N1Cc1ccc(Cl)cc1Cl. The number of amides is 2. The zero-order chi connectivity index (χ0) is 23.2. The third kappa shape index (κ3) is 5.90. The third-order valence-electron chi connectivity index (χ3n) is 4.78. The minimum absolute atomic E-state index is 0.0764. The number of thioether (sulfide) groups is 1. The monoisotopic (exact) mass is 499 g/mol. The molecular weight excluding hydrogens is 481 g/mol. The van der Waals surface area contributed by atoms with Crippen molar-refractivity contribution in [1.82, 2.24) is 4.90 Å². The first kappa shape index (κ1) is 23.2. The summed E-state index contributed by atoms with van der Waals surface area (Å²) in [5.41, 5.74) is 1.35. The van der Waals surface area contributed by atoms with Gasteiger partial charge in [-0.2, -0.15) is 0 Å². The van der Waals surface area contributed by atoms with E-state index in [1.807, 2.05) is 54.6 Å². The van der Waals surface area contributed by atoms with Crippen LogP contribution >= 0.6 is 35.0 Å². The van der Waals surface area contributed by atoms with Crippen molar-refractivity contribution in [1.29, 1.82) is 0 Å². The van der Waals surface area contributed by atoms with Gasteiger partial charge in [0.05, 0.1) is 11.4 Å². The summed E-state index contributed by atoms with van der Waals surface area (Å²) in [5.74, 6) is 0.990. The van der Waals surface area contributed by atoms with E-state index in [4.69, 9.17) is 32.7 Å². The lowest BCUT2D eigenvalue weighted by Crippen LogP contribution is -2.27. The van der Waals surface area contributed by atoms with Crippen LogP contribution in [-0.2, 0) is 11.3 Å². The van der Waals surface area contributed by atoms with Crippen LogP contribution in [0.15, 0.2) is 77.7 Å². The quantitative estimate of drug-likeness (QED) is 0.255. The molecule has 1 fully saturated rings. The predicted molar refractivity (Wildman–Crippen MR) is 132 cm³/mol. The van der Waals surface area contributed by atoms with Gasteiger partial charge in [-0.1, -0.05) is 65.7 Å². The van der Waals surface area contributed by atoms with Crippen LogP contribution in [0.4, 0.5) is 4.79 Å². The first-order chi connectivity index (χ1) is 16.0. The Morgan fingerprint density at radius 2 is 1.61 bits per heavy atom. The van der Waals surface area contributed by atoms with Gasteiger partial charge in [-0.25, -0.2) is 0 Å². The van der Waals surface area contributed by atoms with Gasteiger partial charge in [-0.3, -0.25) is 14.5 Å². The van der Waals surface area contributed by atoms with E-state index in [2.05, 4.69) is 0 Å². The first-order valence-corrected chi connectivity index (χ1v) is 11.7. The molecule has 0 N–H and O–H groups in total. The van der Waals surface area contributed by atoms with Crippen LogP contribution in [0.1, 0.15) is 11.1 Å². The normalized spacial score (nSPS) is 14.7. The Bertz CT molecular complexity index is 1200. The number of imide groups is 1. The average molecular weight is 500 g/mol. The molecule has 1 aliphatic rings. The van der Waals surface area contributed by atoms with Crippen LogP contribution < -0.4 is 9.47 Å². The summed E-state index contributed by atoms with van der Waals surface area (Å²) < 4.78 is 11.5.